The quantitative estimate of drug-likeness (QED) is 0.149. The molecule has 3 heterocycles. The molecule has 0 aliphatic heterocycles. The molecular weight excluding hydrogens is 628 g/mol. The Balaban J connectivity index is 0.000000215. The van der Waals surface area contributed by atoms with Gasteiger partial charge in [0.15, 0.2) is 0 Å². The first-order valence-electron chi connectivity index (χ1n) is 12.7. The Kier molecular flexibility index (Phi) is 11.2. The van der Waals surface area contributed by atoms with Crippen molar-refractivity contribution in [2.75, 3.05) is 17.8 Å². The summed E-state index contributed by atoms with van der Waals surface area (Å²) >= 11 is 3.05. The molecule has 0 atom stereocenters. The van der Waals surface area contributed by atoms with E-state index in [4.69, 9.17) is 14.6 Å². The van der Waals surface area contributed by atoms with E-state index in [0.29, 0.717) is 11.5 Å². The van der Waals surface area contributed by atoms with Crippen molar-refractivity contribution in [1.29, 1.82) is 0 Å². The maximum atomic E-state index is 13.6. The molecule has 11 nitrogen and oxygen atoms in total. The van der Waals surface area contributed by atoms with Crippen LogP contribution >= 0.6 is 23.5 Å². The zero-order valence-electron chi connectivity index (χ0n) is 23.5. The molecule has 0 radical (unpaired) electrons. The first kappa shape index (κ1) is 32.6. The van der Waals surface area contributed by atoms with Gasteiger partial charge >= 0.3 is 5.97 Å². The third kappa shape index (κ3) is 9.11. The van der Waals surface area contributed by atoms with Crippen molar-refractivity contribution in [3.63, 3.8) is 0 Å². The molecule has 0 aliphatic rings. The highest BCUT2D eigenvalue weighted by molar-refractivity contribution is 7.98. The Bertz CT molecular complexity index is 1890. The normalized spacial score (nSPS) is 10.3. The second-order valence-electron chi connectivity index (χ2n) is 8.63. The number of aromatic amines is 1. The first-order valence-corrected chi connectivity index (χ1v) is 15.1. The summed E-state index contributed by atoms with van der Waals surface area (Å²) < 4.78 is 37.6. The van der Waals surface area contributed by atoms with E-state index in [1.165, 1.54) is 36.0 Å². The van der Waals surface area contributed by atoms with Crippen LogP contribution < -0.4 is 20.3 Å². The number of nitrogens with one attached hydrogen (secondary N) is 2. The van der Waals surface area contributed by atoms with Crippen LogP contribution in [-0.4, -0.2) is 49.4 Å². The van der Waals surface area contributed by atoms with Crippen molar-refractivity contribution in [2.24, 2.45) is 0 Å². The lowest BCUT2D eigenvalue weighted by Gasteiger charge is -2.11. The molecule has 0 saturated carbocycles. The smallest absolute Gasteiger partial charge is 0.341 e. The molecule has 0 spiro atoms. The number of rotatable bonds is 9. The molecule has 0 bridgehead atoms. The van der Waals surface area contributed by atoms with Crippen LogP contribution in [0.5, 0.6) is 23.3 Å². The van der Waals surface area contributed by atoms with Crippen molar-refractivity contribution in [2.45, 2.75) is 9.79 Å². The minimum Gasteiger partial charge on any atom is -0.477 e. The number of benzene rings is 2. The molecule has 0 saturated heterocycles. The molecule has 3 aromatic heterocycles. The summed E-state index contributed by atoms with van der Waals surface area (Å²) in [6.45, 7) is 0. The van der Waals surface area contributed by atoms with Crippen LogP contribution in [0.25, 0.3) is 0 Å². The summed E-state index contributed by atoms with van der Waals surface area (Å²) in [5.41, 5.74) is -1.07. The number of carboxylic acid groups (broad SMARTS) is 1. The van der Waals surface area contributed by atoms with Gasteiger partial charge in [-0.1, -0.05) is 12.1 Å². The number of carboxylic acids is 1. The summed E-state index contributed by atoms with van der Waals surface area (Å²) in [6, 6.07) is 16.1. The van der Waals surface area contributed by atoms with Crippen LogP contribution in [0.2, 0.25) is 0 Å². The number of halogens is 2. The van der Waals surface area contributed by atoms with Gasteiger partial charge in [-0.3, -0.25) is 9.59 Å². The zero-order valence-corrected chi connectivity index (χ0v) is 25.1. The highest BCUT2D eigenvalue weighted by Gasteiger charge is 2.18. The molecule has 15 heteroatoms. The molecule has 0 unspecified atom stereocenters. The minimum absolute atomic E-state index is 0.0721. The second kappa shape index (κ2) is 15.4. The van der Waals surface area contributed by atoms with Crippen LogP contribution in [0.3, 0.4) is 0 Å². The Morgan fingerprint density at radius 2 is 1.36 bits per heavy atom. The van der Waals surface area contributed by atoms with Crippen LogP contribution in [-0.2, 0) is 0 Å². The summed E-state index contributed by atoms with van der Waals surface area (Å²) in [4.78, 5) is 50.6. The Hall–Kier alpha value is -5.28. The number of hydrogen-bond acceptors (Lipinski definition) is 10. The average Bonchev–Trinajstić information content (AvgIpc) is 3.04. The van der Waals surface area contributed by atoms with E-state index in [9.17, 15) is 23.2 Å². The number of nitrogens with zero attached hydrogens (tertiary/aromatic N) is 3. The summed E-state index contributed by atoms with van der Waals surface area (Å²) in [5.74, 6) is -2.77. The van der Waals surface area contributed by atoms with Gasteiger partial charge in [0.05, 0.1) is 24.9 Å². The second-order valence-corrected chi connectivity index (χ2v) is 10.4. The fourth-order valence-corrected chi connectivity index (χ4v) is 4.40. The number of thioether (sulfide) groups is 2. The number of carbonyl (C=O) groups excluding carboxylic acids is 1. The topological polar surface area (TPSA) is 156 Å². The lowest BCUT2D eigenvalue weighted by Crippen LogP contribution is -2.20. The molecule has 2 aromatic carbocycles. The molecule has 230 valence electrons. The van der Waals surface area contributed by atoms with Gasteiger partial charge in [-0.2, -0.15) is 0 Å². The van der Waals surface area contributed by atoms with Crippen LogP contribution in [0.4, 0.5) is 14.5 Å². The number of aromatic nitrogens is 4. The van der Waals surface area contributed by atoms with Crippen molar-refractivity contribution in [1.82, 2.24) is 19.9 Å². The van der Waals surface area contributed by atoms with Crippen LogP contribution in [0.1, 0.15) is 20.7 Å². The number of amides is 1. The van der Waals surface area contributed by atoms with Gasteiger partial charge < -0.3 is 24.9 Å². The van der Waals surface area contributed by atoms with E-state index in [1.54, 1.807) is 36.4 Å². The van der Waals surface area contributed by atoms with Gasteiger partial charge in [-0.05, 0) is 61.0 Å². The zero-order chi connectivity index (χ0) is 32.3. The number of ether oxygens (including phenoxy) is 2. The summed E-state index contributed by atoms with van der Waals surface area (Å²) in [7, 11) is 0. The van der Waals surface area contributed by atoms with Crippen molar-refractivity contribution in [3.05, 3.63) is 119 Å². The van der Waals surface area contributed by atoms with Crippen LogP contribution in [0, 0.1) is 11.6 Å². The molecule has 0 fully saturated rings. The highest BCUT2D eigenvalue weighted by Crippen LogP contribution is 2.28. The molecule has 3 N–H and O–H groups in total. The van der Waals surface area contributed by atoms with E-state index < -0.39 is 29.1 Å². The molecule has 5 aromatic rings. The van der Waals surface area contributed by atoms with Crippen molar-refractivity contribution in [3.8, 4) is 23.3 Å². The standard InChI is InChI=1S/C17H13FN4O3S.C13H10FNO3S/c1-26-12-4-2-3-11(6-12)25-17-13(5-10(18)7-20-17)15(23)22-14-8-19-9-21-16(14)24;1-19-10-4-2-3-9(6-10)18-12-11(13(16)17)5-8(14)7-15-12/h2-9H,1H3,(H,22,23)(H,19,21,24);2-7H,1H3,(H,16,17). The molecule has 5 rings (SSSR count). The Labute approximate surface area is 263 Å². The van der Waals surface area contributed by atoms with Gasteiger partial charge in [0.25, 0.3) is 11.5 Å². The van der Waals surface area contributed by atoms with Gasteiger partial charge in [0, 0.05) is 9.79 Å². The Morgan fingerprint density at radius 1 is 0.822 bits per heavy atom. The number of anilines is 1. The van der Waals surface area contributed by atoms with E-state index in [1.807, 2.05) is 24.6 Å². The molecule has 1 amide bonds. The van der Waals surface area contributed by atoms with E-state index in [-0.39, 0.29) is 28.6 Å². The van der Waals surface area contributed by atoms with Gasteiger partial charge in [0.1, 0.15) is 39.9 Å². The van der Waals surface area contributed by atoms with Crippen molar-refractivity contribution < 1.29 is 33.0 Å². The summed E-state index contributed by atoms with van der Waals surface area (Å²) in [6.07, 6.45) is 8.07. The maximum absolute atomic E-state index is 13.6. The number of hydrogen-bond donors (Lipinski definition) is 3. The average molecular weight is 652 g/mol. The lowest BCUT2D eigenvalue weighted by molar-refractivity contribution is 0.0692. The van der Waals surface area contributed by atoms with Crippen LogP contribution in [0.15, 0.2) is 100 Å². The largest absolute Gasteiger partial charge is 0.477 e. The predicted octanol–water partition coefficient (Wildman–Crippen LogP) is 6.50. The minimum atomic E-state index is -1.29. The lowest BCUT2D eigenvalue weighted by atomic mass is 10.2. The third-order valence-electron chi connectivity index (χ3n) is 5.59. The van der Waals surface area contributed by atoms with E-state index in [0.717, 1.165) is 34.3 Å². The Morgan fingerprint density at radius 3 is 1.87 bits per heavy atom. The SMILES string of the molecule is CSc1cccc(Oc2ncc(F)cc2C(=O)Nc2cnc[nH]c2=O)c1.CSc1cccc(Oc2ncc(F)cc2C(=O)O)c1. The molecular formula is C30H23F2N5O6S2. The fraction of sp³-hybridized carbons (Fsp3) is 0.0667. The van der Waals surface area contributed by atoms with Gasteiger partial charge in [-0.15, -0.1) is 23.5 Å². The number of pyridine rings is 2. The first-order chi connectivity index (χ1) is 21.7. The highest BCUT2D eigenvalue weighted by atomic mass is 32.2. The number of aromatic carboxylic acids is 1. The van der Waals surface area contributed by atoms with Gasteiger partial charge in [0.2, 0.25) is 11.8 Å². The monoisotopic (exact) mass is 651 g/mol. The van der Waals surface area contributed by atoms with Gasteiger partial charge in [-0.25, -0.2) is 28.5 Å². The molecule has 0 aliphatic carbocycles. The molecule has 45 heavy (non-hydrogen) atoms. The fourth-order valence-electron chi connectivity index (χ4n) is 3.51. The van der Waals surface area contributed by atoms with E-state index >= 15 is 0 Å². The predicted molar refractivity (Wildman–Crippen MR) is 165 cm³/mol. The summed E-state index contributed by atoms with van der Waals surface area (Å²) in [5, 5.41) is 11.3. The van der Waals surface area contributed by atoms with E-state index in [2.05, 4.69) is 25.3 Å². The van der Waals surface area contributed by atoms with Crippen molar-refractivity contribution >= 4 is 41.1 Å². The third-order valence-corrected chi connectivity index (χ3v) is 7.04. The number of carbonyl (C=O) groups is 2. The maximum Gasteiger partial charge on any atom is 0.341 e. The number of H-pyrrole nitrogens is 1.